The van der Waals surface area contributed by atoms with Crippen LogP contribution in [0, 0.1) is 6.92 Å². The van der Waals surface area contributed by atoms with Gasteiger partial charge in [0.2, 0.25) is 5.91 Å². The topological polar surface area (TPSA) is 62.2 Å². The van der Waals surface area contributed by atoms with Crippen LogP contribution in [0.25, 0.3) is 22.5 Å². The highest BCUT2D eigenvalue weighted by molar-refractivity contribution is 5.82. The lowest BCUT2D eigenvalue weighted by atomic mass is 9.88. The number of benzene rings is 1. The Kier molecular flexibility index (Phi) is 7.19. The van der Waals surface area contributed by atoms with Gasteiger partial charge in [0.15, 0.2) is 5.82 Å². The Morgan fingerprint density at radius 1 is 0.943 bits per heavy atom. The smallest absolute Gasteiger partial charge is 0.239 e. The van der Waals surface area contributed by atoms with Gasteiger partial charge in [0.25, 0.3) is 0 Å². The van der Waals surface area contributed by atoms with Crippen molar-refractivity contribution in [2.75, 3.05) is 26.7 Å². The van der Waals surface area contributed by atoms with E-state index in [1.807, 2.05) is 18.3 Å². The Bertz CT molecular complexity index is 1160. The molecule has 0 radical (unpaired) electrons. The molecule has 182 valence electrons. The summed E-state index contributed by atoms with van der Waals surface area (Å²) in [5.41, 5.74) is 5.45. The van der Waals surface area contributed by atoms with Crippen LogP contribution in [0.4, 0.5) is 0 Å². The van der Waals surface area contributed by atoms with Crippen LogP contribution in [0.15, 0.2) is 55.0 Å². The lowest BCUT2D eigenvalue weighted by molar-refractivity contribution is -0.137. The summed E-state index contributed by atoms with van der Waals surface area (Å²) in [5.74, 6) is 1.19. The van der Waals surface area contributed by atoms with E-state index >= 15 is 0 Å². The number of piperidine rings is 1. The third-order valence-electron chi connectivity index (χ3n) is 7.62. The number of hydrogen-bond acceptors (Lipinski definition) is 5. The first kappa shape index (κ1) is 23.6. The second kappa shape index (κ2) is 10.6. The van der Waals surface area contributed by atoms with Gasteiger partial charge in [-0.05, 0) is 69.5 Å². The van der Waals surface area contributed by atoms with E-state index in [0.29, 0.717) is 11.7 Å². The molecule has 3 aromatic rings. The number of pyridine rings is 1. The van der Waals surface area contributed by atoms with E-state index in [2.05, 4.69) is 53.0 Å². The largest absolute Gasteiger partial charge is 0.341 e. The van der Waals surface area contributed by atoms with Crippen LogP contribution in [-0.2, 0) is 4.79 Å². The quantitative estimate of drug-likeness (QED) is 0.532. The average molecular weight is 470 g/mol. The van der Waals surface area contributed by atoms with Crippen molar-refractivity contribution >= 4 is 5.91 Å². The number of amides is 1. The van der Waals surface area contributed by atoms with Crippen molar-refractivity contribution in [3.05, 3.63) is 66.2 Å². The molecule has 35 heavy (non-hydrogen) atoms. The van der Waals surface area contributed by atoms with Crippen LogP contribution >= 0.6 is 0 Å². The Morgan fingerprint density at radius 2 is 1.77 bits per heavy atom. The number of aromatic nitrogens is 3. The van der Waals surface area contributed by atoms with Crippen LogP contribution < -0.4 is 0 Å². The molecule has 4 heterocycles. The van der Waals surface area contributed by atoms with Gasteiger partial charge in [-0.1, -0.05) is 37.1 Å². The normalized spacial score (nSPS) is 21.5. The van der Waals surface area contributed by atoms with Crippen molar-refractivity contribution < 1.29 is 4.79 Å². The minimum atomic E-state index is 0.00451. The lowest BCUT2D eigenvalue weighted by Crippen LogP contribution is -2.49. The molecule has 5 rings (SSSR count). The molecule has 2 aromatic heterocycles. The first-order valence-corrected chi connectivity index (χ1v) is 12.9. The number of hydrogen-bond donors (Lipinski definition) is 0. The van der Waals surface area contributed by atoms with Gasteiger partial charge in [-0.3, -0.25) is 14.7 Å². The molecule has 2 atom stereocenters. The summed E-state index contributed by atoms with van der Waals surface area (Å²) in [4.78, 5) is 32.0. The summed E-state index contributed by atoms with van der Waals surface area (Å²) in [6.45, 7) is 4.69. The molecule has 2 aliphatic rings. The van der Waals surface area contributed by atoms with Gasteiger partial charge < -0.3 is 4.90 Å². The molecule has 1 aromatic carbocycles. The number of rotatable bonds is 4. The van der Waals surface area contributed by atoms with Gasteiger partial charge in [0.05, 0.1) is 11.7 Å². The highest BCUT2D eigenvalue weighted by Gasteiger charge is 2.33. The molecule has 2 unspecified atom stereocenters. The highest BCUT2D eigenvalue weighted by Crippen LogP contribution is 2.36. The summed E-state index contributed by atoms with van der Waals surface area (Å²) >= 11 is 0. The van der Waals surface area contributed by atoms with Crippen molar-refractivity contribution in [1.29, 1.82) is 0 Å². The fourth-order valence-electron chi connectivity index (χ4n) is 5.60. The zero-order chi connectivity index (χ0) is 24.2. The molecular weight excluding hydrogens is 434 g/mol. The van der Waals surface area contributed by atoms with Crippen LogP contribution in [-0.4, -0.2) is 63.4 Å². The Balaban J connectivity index is 1.49. The summed E-state index contributed by atoms with van der Waals surface area (Å²) in [7, 11) is 2.11. The standard InChI is InChI=1S/C29H35N5O/c1-21-9-5-6-11-24(21)25-19-31-28(22-13-15-30-16-14-22)32-27(25)23-10-8-18-34(20-23)29(35)26-12-4-3-7-17-33(26)2/h5-6,9,11,13-16,19,23,26H,3-4,7-8,10,12,17-18,20H2,1-2H3. The Morgan fingerprint density at radius 3 is 2.60 bits per heavy atom. The summed E-state index contributed by atoms with van der Waals surface area (Å²) in [6, 6.07) is 12.3. The van der Waals surface area contributed by atoms with Gasteiger partial charge >= 0.3 is 0 Å². The Hall–Kier alpha value is -3.12. The molecule has 1 amide bonds. The van der Waals surface area contributed by atoms with Crippen LogP contribution in [0.5, 0.6) is 0 Å². The van der Waals surface area contributed by atoms with E-state index in [-0.39, 0.29) is 12.0 Å². The van der Waals surface area contributed by atoms with E-state index in [9.17, 15) is 4.79 Å². The maximum absolute atomic E-state index is 13.6. The van der Waals surface area contributed by atoms with Crippen molar-refractivity contribution in [2.24, 2.45) is 0 Å². The lowest BCUT2D eigenvalue weighted by Gasteiger charge is -2.37. The predicted octanol–water partition coefficient (Wildman–Crippen LogP) is 5.09. The molecule has 0 aliphatic carbocycles. The molecular formula is C29H35N5O. The monoisotopic (exact) mass is 469 g/mol. The van der Waals surface area contributed by atoms with Crippen molar-refractivity contribution in [2.45, 2.75) is 57.4 Å². The van der Waals surface area contributed by atoms with E-state index in [1.54, 1.807) is 12.4 Å². The van der Waals surface area contributed by atoms with Crippen molar-refractivity contribution in [1.82, 2.24) is 24.8 Å². The average Bonchev–Trinajstić information content (AvgIpc) is 3.13. The zero-order valence-electron chi connectivity index (χ0n) is 20.9. The first-order chi connectivity index (χ1) is 17.1. The van der Waals surface area contributed by atoms with Gasteiger partial charge in [-0.15, -0.1) is 0 Å². The number of likely N-dealkylation sites (N-methyl/N-ethyl adjacent to an activating group) is 1. The fourth-order valence-corrected chi connectivity index (χ4v) is 5.60. The minimum absolute atomic E-state index is 0.00451. The molecule has 2 saturated heterocycles. The van der Waals surface area contributed by atoms with Crippen molar-refractivity contribution in [3.63, 3.8) is 0 Å². The summed E-state index contributed by atoms with van der Waals surface area (Å²) in [5, 5.41) is 0. The van der Waals surface area contributed by atoms with Crippen LogP contribution in [0.1, 0.15) is 55.7 Å². The third-order valence-corrected chi connectivity index (χ3v) is 7.62. The van der Waals surface area contributed by atoms with E-state index in [0.717, 1.165) is 67.7 Å². The number of carbonyl (C=O) groups excluding carboxylic acids is 1. The van der Waals surface area contributed by atoms with E-state index in [4.69, 9.17) is 9.97 Å². The molecule has 2 fully saturated rings. The molecule has 2 aliphatic heterocycles. The van der Waals surface area contributed by atoms with Crippen LogP contribution in [0.3, 0.4) is 0 Å². The first-order valence-electron chi connectivity index (χ1n) is 12.9. The molecule has 0 spiro atoms. The van der Waals surface area contributed by atoms with Gasteiger partial charge in [0.1, 0.15) is 0 Å². The van der Waals surface area contributed by atoms with Gasteiger partial charge in [-0.2, -0.15) is 0 Å². The SMILES string of the molecule is Cc1ccccc1-c1cnc(-c2ccncc2)nc1C1CCCN(C(=O)C2CCCCCN2C)C1. The van der Waals surface area contributed by atoms with E-state index in [1.165, 1.54) is 18.4 Å². The zero-order valence-corrected chi connectivity index (χ0v) is 20.9. The summed E-state index contributed by atoms with van der Waals surface area (Å²) < 4.78 is 0. The third kappa shape index (κ3) is 5.13. The maximum atomic E-state index is 13.6. The number of aryl methyl sites for hydroxylation is 1. The van der Waals surface area contributed by atoms with Gasteiger partial charge in [-0.25, -0.2) is 9.97 Å². The van der Waals surface area contributed by atoms with E-state index < -0.39 is 0 Å². The van der Waals surface area contributed by atoms with Gasteiger partial charge in [0, 0.05) is 48.7 Å². The summed E-state index contributed by atoms with van der Waals surface area (Å²) in [6.07, 6.45) is 12.0. The maximum Gasteiger partial charge on any atom is 0.239 e. The Labute approximate surface area is 208 Å². The molecule has 0 N–H and O–H groups in total. The number of carbonyl (C=O) groups is 1. The number of likely N-dealkylation sites (tertiary alicyclic amines) is 2. The second-order valence-electron chi connectivity index (χ2n) is 10.0. The van der Waals surface area contributed by atoms with Crippen molar-refractivity contribution in [3.8, 4) is 22.5 Å². The number of nitrogens with zero attached hydrogens (tertiary/aromatic N) is 5. The van der Waals surface area contributed by atoms with Crippen LogP contribution in [0.2, 0.25) is 0 Å². The molecule has 6 heteroatoms. The molecule has 0 saturated carbocycles. The fraction of sp³-hybridized carbons (Fsp3) is 0.448. The highest BCUT2D eigenvalue weighted by atomic mass is 16.2. The molecule has 0 bridgehead atoms. The molecule has 6 nitrogen and oxygen atoms in total. The second-order valence-corrected chi connectivity index (χ2v) is 10.0. The predicted molar refractivity (Wildman–Crippen MR) is 139 cm³/mol. The minimum Gasteiger partial charge on any atom is -0.341 e.